The highest BCUT2D eigenvalue weighted by molar-refractivity contribution is 5.40. The van der Waals surface area contributed by atoms with Gasteiger partial charge in [-0.3, -0.25) is 0 Å². The predicted molar refractivity (Wildman–Crippen MR) is 76.3 cm³/mol. The van der Waals surface area contributed by atoms with Crippen molar-refractivity contribution in [2.75, 3.05) is 0 Å². The van der Waals surface area contributed by atoms with Crippen LogP contribution in [0.4, 0.5) is 0 Å². The fourth-order valence-corrected chi connectivity index (χ4v) is 2.19. The van der Waals surface area contributed by atoms with Gasteiger partial charge in [0.25, 0.3) is 0 Å². The summed E-state index contributed by atoms with van der Waals surface area (Å²) in [5, 5.41) is 10.4. The number of nitrogens with zero attached hydrogens (tertiary/aromatic N) is 1. The van der Waals surface area contributed by atoms with E-state index >= 15 is 0 Å². The van der Waals surface area contributed by atoms with Crippen LogP contribution >= 0.6 is 0 Å². The quantitative estimate of drug-likeness (QED) is 0.754. The van der Waals surface area contributed by atoms with E-state index in [0.29, 0.717) is 0 Å². The molecule has 19 heavy (non-hydrogen) atoms. The SMILES string of the molecule is O[C@@H](c1ccccc1)c1cccc(-n2cccc2)c1. The van der Waals surface area contributed by atoms with Gasteiger partial charge in [-0.05, 0) is 35.4 Å². The van der Waals surface area contributed by atoms with Gasteiger partial charge in [0.15, 0.2) is 0 Å². The van der Waals surface area contributed by atoms with E-state index in [4.69, 9.17) is 0 Å². The van der Waals surface area contributed by atoms with E-state index in [2.05, 4.69) is 0 Å². The lowest BCUT2D eigenvalue weighted by Gasteiger charge is -2.13. The Morgan fingerprint density at radius 1 is 0.737 bits per heavy atom. The second-order valence-corrected chi connectivity index (χ2v) is 4.50. The van der Waals surface area contributed by atoms with Crippen LogP contribution in [0.1, 0.15) is 17.2 Å². The summed E-state index contributed by atoms with van der Waals surface area (Å²) in [6, 6.07) is 21.6. The summed E-state index contributed by atoms with van der Waals surface area (Å²) >= 11 is 0. The molecule has 1 atom stereocenters. The fourth-order valence-electron chi connectivity index (χ4n) is 2.19. The third-order valence-corrected chi connectivity index (χ3v) is 3.20. The van der Waals surface area contributed by atoms with Crippen molar-refractivity contribution >= 4 is 0 Å². The summed E-state index contributed by atoms with van der Waals surface area (Å²) < 4.78 is 2.03. The number of hydrogen-bond acceptors (Lipinski definition) is 1. The summed E-state index contributed by atoms with van der Waals surface area (Å²) in [6.07, 6.45) is 3.40. The zero-order chi connectivity index (χ0) is 13.1. The number of aromatic nitrogens is 1. The third kappa shape index (κ3) is 2.44. The summed E-state index contributed by atoms with van der Waals surface area (Å²) in [5.41, 5.74) is 2.86. The molecule has 94 valence electrons. The summed E-state index contributed by atoms with van der Waals surface area (Å²) in [4.78, 5) is 0. The molecule has 3 rings (SSSR count). The summed E-state index contributed by atoms with van der Waals surface area (Å²) in [6.45, 7) is 0. The Balaban J connectivity index is 1.96. The molecule has 2 heteroatoms. The van der Waals surface area contributed by atoms with E-state index in [1.54, 1.807) is 0 Å². The van der Waals surface area contributed by atoms with Crippen molar-refractivity contribution in [2.24, 2.45) is 0 Å². The molecular weight excluding hydrogens is 234 g/mol. The Morgan fingerprint density at radius 2 is 1.42 bits per heavy atom. The molecule has 1 aromatic heterocycles. The van der Waals surface area contributed by atoms with Crippen molar-refractivity contribution in [2.45, 2.75) is 6.10 Å². The van der Waals surface area contributed by atoms with Gasteiger partial charge in [0, 0.05) is 18.1 Å². The van der Waals surface area contributed by atoms with E-state index in [1.165, 1.54) is 0 Å². The molecule has 0 amide bonds. The number of aliphatic hydroxyl groups is 1. The fraction of sp³-hybridized carbons (Fsp3) is 0.0588. The molecule has 0 unspecified atom stereocenters. The Morgan fingerprint density at radius 3 is 2.16 bits per heavy atom. The number of benzene rings is 2. The molecular formula is C17H15NO. The molecule has 2 aromatic carbocycles. The van der Waals surface area contributed by atoms with E-state index in [-0.39, 0.29) is 0 Å². The van der Waals surface area contributed by atoms with Crippen LogP contribution in [-0.2, 0) is 0 Å². The molecule has 1 heterocycles. The van der Waals surface area contributed by atoms with E-state index in [0.717, 1.165) is 16.8 Å². The van der Waals surface area contributed by atoms with E-state index < -0.39 is 6.10 Å². The highest BCUT2D eigenvalue weighted by atomic mass is 16.3. The Labute approximate surface area is 112 Å². The Hall–Kier alpha value is -2.32. The Kier molecular flexibility index (Phi) is 3.17. The van der Waals surface area contributed by atoms with Crippen LogP contribution in [0.25, 0.3) is 5.69 Å². The zero-order valence-corrected chi connectivity index (χ0v) is 10.5. The lowest BCUT2D eigenvalue weighted by atomic mass is 10.0. The molecule has 0 fully saturated rings. The Bertz CT molecular complexity index is 644. The minimum atomic E-state index is -0.586. The van der Waals surface area contributed by atoms with Gasteiger partial charge in [-0.2, -0.15) is 0 Å². The van der Waals surface area contributed by atoms with Crippen LogP contribution in [0.2, 0.25) is 0 Å². The molecule has 0 radical (unpaired) electrons. The van der Waals surface area contributed by atoms with Gasteiger partial charge in [0.1, 0.15) is 6.10 Å². The van der Waals surface area contributed by atoms with Gasteiger partial charge in [-0.1, -0.05) is 42.5 Å². The first kappa shape index (κ1) is 11.8. The highest BCUT2D eigenvalue weighted by Crippen LogP contribution is 2.23. The maximum absolute atomic E-state index is 10.4. The summed E-state index contributed by atoms with van der Waals surface area (Å²) in [7, 11) is 0. The number of rotatable bonds is 3. The first-order valence-corrected chi connectivity index (χ1v) is 6.31. The molecule has 3 aromatic rings. The molecule has 0 aliphatic carbocycles. The van der Waals surface area contributed by atoms with Gasteiger partial charge in [-0.25, -0.2) is 0 Å². The van der Waals surface area contributed by atoms with Gasteiger partial charge in [0.2, 0.25) is 0 Å². The van der Waals surface area contributed by atoms with Crippen LogP contribution in [-0.4, -0.2) is 9.67 Å². The van der Waals surface area contributed by atoms with Crippen LogP contribution in [0.5, 0.6) is 0 Å². The predicted octanol–water partition coefficient (Wildman–Crippen LogP) is 3.56. The van der Waals surface area contributed by atoms with Gasteiger partial charge < -0.3 is 9.67 Å². The molecule has 0 aliphatic rings. The minimum Gasteiger partial charge on any atom is -0.384 e. The van der Waals surface area contributed by atoms with E-state index in [1.807, 2.05) is 83.7 Å². The maximum atomic E-state index is 10.4. The normalized spacial score (nSPS) is 12.3. The molecule has 0 saturated heterocycles. The monoisotopic (exact) mass is 249 g/mol. The van der Waals surface area contributed by atoms with Crippen molar-refractivity contribution in [3.8, 4) is 5.69 Å². The molecule has 2 nitrogen and oxygen atoms in total. The molecule has 1 N–H and O–H groups in total. The van der Waals surface area contributed by atoms with Crippen molar-refractivity contribution in [1.82, 2.24) is 4.57 Å². The van der Waals surface area contributed by atoms with Crippen molar-refractivity contribution in [3.63, 3.8) is 0 Å². The average molecular weight is 249 g/mol. The van der Waals surface area contributed by atoms with Crippen LogP contribution < -0.4 is 0 Å². The smallest absolute Gasteiger partial charge is 0.104 e. The van der Waals surface area contributed by atoms with E-state index in [9.17, 15) is 5.11 Å². The number of aliphatic hydroxyl groups excluding tert-OH is 1. The van der Waals surface area contributed by atoms with Gasteiger partial charge >= 0.3 is 0 Å². The molecule has 0 bridgehead atoms. The summed E-state index contributed by atoms with van der Waals surface area (Å²) in [5.74, 6) is 0. The van der Waals surface area contributed by atoms with Crippen molar-refractivity contribution in [3.05, 3.63) is 90.3 Å². The second kappa shape index (κ2) is 5.12. The average Bonchev–Trinajstić information content (AvgIpc) is 3.02. The molecule has 0 aliphatic heterocycles. The second-order valence-electron chi connectivity index (χ2n) is 4.50. The molecule has 0 saturated carbocycles. The standard InChI is InChI=1S/C17H15NO/c19-17(14-7-2-1-3-8-14)15-9-6-10-16(13-15)18-11-4-5-12-18/h1-13,17,19H/t17-/m0/s1. The first-order chi connectivity index (χ1) is 9.34. The van der Waals surface area contributed by atoms with Gasteiger partial charge in [0.05, 0.1) is 0 Å². The third-order valence-electron chi connectivity index (χ3n) is 3.20. The van der Waals surface area contributed by atoms with Crippen LogP contribution in [0.15, 0.2) is 79.1 Å². The lowest BCUT2D eigenvalue weighted by Crippen LogP contribution is -2.00. The maximum Gasteiger partial charge on any atom is 0.104 e. The topological polar surface area (TPSA) is 25.2 Å². The zero-order valence-electron chi connectivity index (χ0n) is 10.5. The first-order valence-electron chi connectivity index (χ1n) is 6.31. The highest BCUT2D eigenvalue weighted by Gasteiger charge is 2.10. The van der Waals surface area contributed by atoms with Crippen molar-refractivity contribution in [1.29, 1.82) is 0 Å². The lowest BCUT2D eigenvalue weighted by molar-refractivity contribution is 0.220. The molecule has 0 spiro atoms. The van der Waals surface area contributed by atoms with Crippen LogP contribution in [0.3, 0.4) is 0 Å². The van der Waals surface area contributed by atoms with Gasteiger partial charge in [-0.15, -0.1) is 0 Å². The largest absolute Gasteiger partial charge is 0.384 e. The minimum absolute atomic E-state index is 0.586. The van der Waals surface area contributed by atoms with Crippen molar-refractivity contribution < 1.29 is 5.11 Å². The number of hydrogen-bond donors (Lipinski definition) is 1. The van der Waals surface area contributed by atoms with Crippen LogP contribution in [0, 0.1) is 0 Å².